The Morgan fingerprint density at radius 2 is 2.04 bits per heavy atom. The number of carbonyl (C=O) groups excluding carboxylic acids is 1. The van der Waals surface area contributed by atoms with Gasteiger partial charge >= 0.3 is 0 Å². The second kappa shape index (κ2) is 8.65. The van der Waals surface area contributed by atoms with Crippen molar-refractivity contribution in [3.05, 3.63) is 74.5 Å². The summed E-state index contributed by atoms with van der Waals surface area (Å²) in [5.74, 6) is 0.471. The zero-order valence-corrected chi connectivity index (χ0v) is 14.1. The molecule has 0 fully saturated rings. The molecule has 0 saturated heterocycles. The summed E-state index contributed by atoms with van der Waals surface area (Å²) in [5, 5.41) is 13.3. The molecule has 0 aliphatic rings. The van der Waals surface area contributed by atoms with E-state index >= 15 is 0 Å². The molecule has 126 valence electrons. The van der Waals surface area contributed by atoms with E-state index in [2.05, 4.69) is 5.32 Å². The number of hydrogen-bond acceptors (Lipinski definition) is 4. The summed E-state index contributed by atoms with van der Waals surface area (Å²) >= 11 is 7.38. The van der Waals surface area contributed by atoms with E-state index < -0.39 is 10.8 Å². The molecule has 0 aliphatic heterocycles. The lowest BCUT2D eigenvalue weighted by Crippen LogP contribution is -2.26. The molecule has 1 amide bonds. The first-order valence-corrected chi connectivity index (χ1v) is 8.55. The largest absolute Gasteiger partial charge is 0.351 e. The molecule has 0 unspecified atom stereocenters. The summed E-state index contributed by atoms with van der Waals surface area (Å²) in [6.45, 7) is 0.380. The zero-order chi connectivity index (χ0) is 17.5. The number of hydrogen-bond donors (Lipinski definition) is 1. The van der Waals surface area contributed by atoms with Gasteiger partial charge in [-0.1, -0.05) is 29.8 Å². The Balaban J connectivity index is 1.79. The van der Waals surface area contributed by atoms with Gasteiger partial charge in [0.2, 0.25) is 0 Å². The predicted molar refractivity (Wildman–Crippen MR) is 93.0 cm³/mol. The fraction of sp³-hybridized carbons (Fsp3) is 0.188. The molecule has 2 aromatic rings. The number of amides is 1. The third-order valence-corrected chi connectivity index (χ3v) is 4.48. The van der Waals surface area contributed by atoms with Crippen molar-refractivity contribution in [1.82, 2.24) is 5.32 Å². The standard InChI is InChI=1S/C16H14ClFN2O3S/c17-14-9-12(20(22)23)5-6-13(14)16(21)19-7-8-24-10-11-3-1-2-4-15(11)18/h1-6,9H,7-8,10H2,(H,19,21). The minimum Gasteiger partial charge on any atom is -0.351 e. The van der Waals surface area contributed by atoms with Crippen molar-refractivity contribution < 1.29 is 14.1 Å². The van der Waals surface area contributed by atoms with Gasteiger partial charge in [-0.25, -0.2) is 4.39 Å². The van der Waals surface area contributed by atoms with Gasteiger partial charge in [-0.05, 0) is 17.7 Å². The fourth-order valence-corrected chi connectivity index (χ4v) is 3.04. The Morgan fingerprint density at radius 3 is 2.71 bits per heavy atom. The van der Waals surface area contributed by atoms with Gasteiger partial charge in [0.15, 0.2) is 0 Å². The predicted octanol–water partition coefficient (Wildman–Crippen LogP) is 4.05. The van der Waals surface area contributed by atoms with E-state index in [1.165, 1.54) is 30.0 Å². The molecule has 24 heavy (non-hydrogen) atoms. The van der Waals surface area contributed by atoms with Gasteiger partial charge in [0.25, 0.3) is 11.6 Å². The van der Waals surface area contributed by atoms with Crippen molar-refractivity contribution >= 4 is 35.0 Å². The molecule has 0 aromatic heterocycles. The molecular weight excluding hydrogens is 355 g/mol. The maximum absolute atomic E-state index is 13.4. The van der Waals surface area contributed by atoms with E-state index in [9.17, 15) is 19.3 Å². The number of rotatable bonds is 7. The van der Waals surface area contributed by atoms with Crippen LogP contribution in [-0.2, 0) is 5.75 Å². The van der Waals surface area contributed by atoms with E-state index in [1.54, 1.807) is 18.2 Å². The summed E-state index contributed by atoms with van der Waals surface area (Å²) in [4.78, 5) is 22.1. The number of nitrogens with one attached hydrogen (secondary N) is 1. The first kappa shape index (κ1) is 18.2. The number of halogens is 2. The van der Waals surface area contributed by atoms with Crippen molar-refractivity contribution in [2.24, 2.45) is 0 Å². The molecule has 0 radical (unpaired) electrons. The van der Waals surface area contributed by atoms with E-state index in [4.69, 9.17) is 11.6 Å². The SMILES string of the molecule is O=C(NCCSCc1ccccc1F)c1ccc([N+](=O)[O-])cc1Cl. The van der Waals surface area contributed by atoms with Crippen molar-refractivity contribution in [2.75, 3.05) is 12.3 Å². The van der Waals surface area contributed by atoms with Gasteiger partial charge in [0.1, 0.15) is 5.82 Å². The molecule has 5 nitrogen and oxygen atoms in total. The van der Waals surface area contributed by atoms with Crippen LogP contribution in [0.2, 0.25) is 5.02 Å². The van der Waals surface area contributed by atoms with E-state index in [-0.39, 0.29) is 22.1 Å². The number of carbonyl (C=O) groups is 1. The second-order valence-electron chi connectivity index (χ2n) is 4.82. The average molecular weight is 369 g/mol. The van der Waals surface area contributed by atoms with Crippen LogP contribution in [0.3, 0.4) is 0 Å². The van der Waals surface area contributed by atoms with Gasteiger partial charge < -0.3 is 5.32 Å². The molecule has 2 aromatic carbocycles. The van der Waals surface area contributed by atoms with Crippen LogP contribution < -0.4 is 5.32 Å². The second-order valence-corrected chi connectivity index (χ2v) is 6.33. The first-order chi connectivity index (χ1) is 11.5. The quantitative estimate of drug-likeness (QED) is 0.454. The Bertz CT molecular complexity index is 758. The lowest BCUT2D eigenvalue weighted by molar-refractivity contribution is -0.384. The summed E-state index contributed by atoms with van der Waals surface area (Å²) in [7, 11) is 0. The first-order valence-electron chi connectivity index (χ1n) is 7.02. The van der Waals surface area contributed by atoms with Gasteiger partial charge in [0.05, 0.1) is 15.5 Å². The highest BCUT2D eigenvalue weighted by Crippen LogP contribution is 2.22. The summed E-state index contributed by atoms with van der Waals surface area (Å²) in [5.41, 5.74) is 0.630. The number of non-ortho nitro benzene ring substituents is 1. The minimum atomic E-state index is -0.576. The Hall–Kier alpha value is -2.12. The Morgan fingerprint density at radius 1 is 1.29 bits per heavy atom. The van der Waals surface area contributed by atoms with E-state index in [0.29, 0.717) is 23.6 Å². The molecule has 2 rings (SSSR count). The molecular formula is C16H14ClFN2O3S. The molecule has 0 spiro atoms. The van der Waals surface area contributed by atoms with Crippen LogP contribution >= 0.6 is 23.4 Å². The van der Waals surface area contributed by atoms with Crippen LogP contribution in [0.1, 0.15) is 15.9 Å². The molecule has 1 N–H and O–H groups in total. The summed E-state index contributed by atoms with van der Waals surface area (Å²) in [6.07, 6.45) is 0. The van der Waals surface area contributed by atoms with Crippen molar-refractivity contribution in [3.63, 3.8) is 0 Å². The van der Waals surface area contributed by atoms with Crippen LogP contribution in [0, 0.1) is 15.9 Å². The lowest BCUT2D eigenvalue weighted by atomic mass is 10.2. The van der Waals surface area contributed by atoms with Gasteiger partial charge in [-0.15, -0.1) is 0 Å². The van der Waals surface area contributed by atoms with Crippen LogP contribution in [-0.4, -0.2) is 23.1 Å². The van der Waals surface area contributed by atoms with Crippen LogP contribution in [0.4, 0.5) is 10.1 Å². The lowest BCUT2D eigenvalue weighted by Gasteiger charge is -2.07. The van der Waals surface area contributed by atoms with Gasteiger partial charge in [0, 0.05) is 30.2 Å². The maximum Gasteiger partial charge on any atom is 0.270 e. The molecule has 0 bridgehead atoms. The van der Waals surface area contributed by atoms with Gasteiger partial charge in [-0.2, -0.15) is 11.8 Å². The third-order valence-electron chi connectivity index (χ3n) is 3.16. The number of thioether (sulfide) groups is 1. The van der Waals surface area contributed by atoms with Crippen LogP contribution in [0.25, 0.3) is 0 Å². The molecule has 0 heterocycles. The summed E-state index contributed by atoms with van der Waals surface area (Å²) in [6, 6.07) is 10.2. The normalized spacial score (nSPS) is 10.4. The number of nitro groups is 1. The van der Waals surface area contributed by atoms with Crippen LogP contribution in [0.5, 0.6) is 0 Å². The average Bonchev–Trinajstić information content (AvgIpc) is 2.55. The Kier molecular flexibility index (Phi) is 6.57. The van der Waals surface area contributed by atoms with Crippen molar-refractivity contribution in [1.29, 1.82) is 0 Å². The van der Waals surface area contributed by atoms with E-state index in [1.807, 2.05) is 0 Å². The maximum atomic E-state index is 13.4. The Labute approximate surface area is 147 Å². The smallest absolute Gasteiger partial charge is 0.270 e. The fourth-order valence-electron chi connectivity index (χ4n) is 1.93. The zero-order valence-electron chi connectivity index (χ0n) is 12.5. The highest BCUT2D eigenvalue weighted by atomic mass is 35.5. The topological polar surface area (TPSA) is 72.2 Å². The molecule has 0 atom stereocenters. The van der Waals surface area contributed by atoms with E-state index in [0.717, 1.165) is 6.07 Å². The highest BCUT2D eigenvalue weighted by molar-refractivity contribution is 7.98. The van der Waals surface area contributed by atoms with Crippen LogP contribution in [0.15, 0.2) is 42.5 Å². The van der Waals surface area contributed by atoms with Crippen molar-refractivity contribution in [3.8, 4) is 0 Å². The third kappa shape index (κ3) is 4.94. The minimum absolute atomic E-state index is 0.0284. The number of nitrogens with zero attached hydrogens (tertiary/aromatic N) is 1. The molecule has 0 aliphatic carbocycles. The monoisotopic (exact) mass is 368 g/mol. The number of nitro benzene ring substituents is 1. The van der Waals surface area contributed by atoms with Gasteiger partial charge in [-0.3, -0.25) is 14.9 Å². The molecule has 0 saturated carbocycles. The highest BCUT2D eigenvalue weighted by Gasteiger charge is 2.14. The number of benzene rings is 2. The molecule has 8 heteroatoms. The summed E-state index contributed by atoms with van der Waals surface area (Å²) < 4.78 is 13.4. The van der Waals surface area contributed by atoms with Crippen molar-refractivity contribution in [2.45, 2.75) is 5.75 Å².